The van der Waals surface area contributed by atoms with Crippen molar-refractivity contribution in [3.05, 3.63) is 17.9 Å². The Morgan fingerprint density at radius 2 is 1.82 bits per heavy atom. The fourth-order valence-electron chi connectivity index (χ4n) is 2.16. The summed E-state index contributed by atoms with van der Waals surface area (Å²) < 4.78 is 29.3. The largest absolute Gasteiger partial charge is 0.493 e. The molecule has 1 fully saturated rings. The third kappa shape index (κ3) is 3.79. The summed E-state index contributed by atoms with van der Waals surface area (Å²) >= 11 is 0. The first kappa shape index (κ1) is 18.5. The molecule has 0 aliphatic carbocycles. The zero-order valence-corrected chi connectivity index (χ0v) is 13.3. The number of methoxy groups -OCH3 is 2. The van der Waals surface area contributed by atoms with Gasteiger partial charge in [0.25, 0.3) is 0 Å². The van der Waals surface area contributed by atoms with Crippen molar-refractivity contribution < 1.29 is 23.4 Å². The van der Waals surface area contributed by atoms with Gasteiger partial charge in [0, 0.05) is 25.3 Å². The van der Waals surface area contributed by atoms with E-state index in [1.165, 1.54) is 20.3 Å². The van der Waals surface area contributed by atoms with E-state index in [9.17, 15) is 9.18 Å². The van der Waals surface area contributed by atoms with E-state index >= 15 is 0 Å². The summed E-state index contributed by atoms with van der Waals surface area (Å²) in [5, 5.41) is 2.52. The molecule has 1 heterocycles. The van der Waals surface area contributed by atoms with Crippen molar-refractivity contribution in [2.24, 2.45) is 5.73 Å². The molecule has 1 amide bonds. The van der Waals surface area contributed by atoms with E-state index in [2.05, 4.69) is 5.32 Å². The van der Waals surface area contributed by atoms with Crippen molar-refractivity contribution >= 4 is 24.0 Å². The molecule has 1 aromatic carbocycles. The summed E-state index contributed by atoms with van der Waals surface area (Å²) in [7, 11) is 2.84. The molecule has 0 radical (unpaired) electrons. The number of nitrogens with two attached hydrogens (primary N) is 1. The van der Waals surface area contributed by atoms with Crippen LogP contribution >= 0.6 is 12.4 Å². The minimum Gasteiger partial charge on any atom is -0.493 e. The maximum absolute atomic E-state index is 14.0. The zero-order chi connectivity index (χ0) is 15.5. The number of rotatable bonds is 4. The molecule has 2 rings (SSSR count). The minimum absolute atomic E-state index is 0. The van der Waals surface area contributed by atoms with E-state index in [1.54, 1.807) is 0 Å². The molecule has 1 aliphatic heterocycles. The Morgan fingerprint density at radius 3 is 2.36 bits per heavy atom. The van der Waals surface area contributed by atoms with Crippen LogP contribution in [0.3, 0.4) is 0 Å². The Labute approximate surface area is 134 Å². The lowest BCUT2D eigenvalue weighted by atomic mass is 9.90. The summed E-state index contributed by atoms with van der Waals surface area (Å²) in [6, 6.07) is 2.52. The van der Waals surface area contributed by atoms with Crippen LogP contribution in [-0.2, 0) is 9.53 Å². The Balaban J connectivity index is 0.00000242. The molecule has 0 unspecified atom stereocenters. The smallest absolute Gasteiger partial charge is 0.244 e. The van der Waals surface area contributed by atoms with Crippen molar-refractivity contribution in [3.63, 3.8) is 0 Å². The number of benzene rings is 1. The van der Waals surface area contributed by atoms with Crippen molar-refractivity contribution in [1.29, 1.82) is 0 Å². The fourth-order valence-corrected chi connectivity index (χ4v) is 2.16. The maximum atomic E-state index is 14.0. The third-order valence-electron chi connectivity index (χ3n) is 3.56. The first-order valence-corrected chi connectivity index (χ1v) is 6.60. The molecule has 0 saturated carbocycles. The Bertz CT molecular complexity index is 536. The molecule has 124 valence electrons. The SMILES string of the molecule is COc1cc(F)c(NC(=O)C2(N)CCOCC2)cc1OC.Cl. The van der Waals surface area contributed by atoms with Crippen molar-refractivity contribution in [3.8, 4) is 11.5 Å². The second kappa shape index (κ2) is 7.62. The van der Waals surface area contributed by atoms with Gasteiger partial charge >= 0.3 is 0 Å². The highest BCUT2D eigenvalue weighted by Gasteiger charge is 2.36. The van der Waals surface area contributed by atoms with Crippen LogP contribution in [-0.4, -0.2) is 38.9 Å². The number of ether oxygens (including phenoxy) is 3. The molecule has 1 aliphatic rings. The summed E-state index contributed by atoms with van der Waals surface area (Å²) in [6.07, 6.45) is 0.793. The average Bonchev–Trinajstić information content (AvgIpc) is 2.49. The predicted molar refractivity (Wildman–Crippen MR) is 82.4 cm³/mol. The molecule has 8 heteroatoms. The van der Waals surface area contributed by atoms with E-state index in [4.69, 9.17) is 19.9 Å². The van der Waals surface area contributed by atoms with Gasteiger partial charge in [-0.05, 0) is 12.8 Å². The number of anilines is 1. The average molecular weight is 335 g/mol. The van der Waals surface area contributed by atoms with E-state index in [0.29, 0.717) is 31.8 Å². The van der Waals surface area contributed by atoms with E-state index < -0.39 is 17.3 Å². The third-order valence-corrected chi connectivity index (χ3v) is 3.56. The van der Waals surface area contributed by atoms with Crippen molar-refractivity contribution in [1.82, 2.24) is 0 Å². The standard InChI is InChI=1S/C14H19FN2O4.ClH/c1-19-11-7-9(15)10(8-12(11)20-2)17-13(18)14(16)3-5-21-6-4-14;/h7-8H,3-6,16H2,1-2H3,(H,17,18);1H. The van der Waals surface area contributed by atoms with Crippen LogP contribution in [0.5, 0.6) is 11.5 Å². The van der Waals surface area contributed by atoms with Gasteiger partial charge in [0.05, 0.1) is 19.9 Å². The van der Waals surface area contributed by atoms with Crippen molar-refractivity contribution in [2.75, 3.05) is 32.8 Å². The molecule has 1 aromatic rings. The Morgan fingerprint density at radius 1 is 1.27 bits per heavy atom. The monoisotopic (exact) mass is 334 g/mol. The van der Waals surface area contributed by atoms with Crippen LogP contribution in [0.2, 0.25) is 0 Å². The summed E-state index contributed by atoms with van der Waals surface area (Å²) in [6.45, 7) is 0.830. The quantitative estimate of drug-likeness (QED) is 0.876. The molecule has 6 nitrogen and oxygen atoms in total. The molecule has 0 aromatic heterocycles. The van der Waals surface area contributed by atoms with E-state index in [1.807, 2.05) is 0 Å². The highest BCUT2D eigenvalue weighted by Crippen LogP contribution is 2.33. The predicted octanol–water partition coefficient (Wildman–Crippen LogP) is 1.71. The van der Waals surface area contributed by atoms with Crippen LogP contribution < -0.4 is 20.5 Å². The molecule has 3 N–H and O–H groups in total. The molecular formula is C14H20ClFN2O4. The van der Waals surface area contributed by atoms with Crippen molar-refractivity contribution in [2.45, 2.75) is 18.4 Å². The van der Waals surface area contributed by atoms with Crippen LogP contribution in [0.4, 0.5) is 10.1 Å². The summed E-state index contributed by atoms with van der Waals surface area (Å²) in [4.78, 5) is 12.3. The minimum atomic E-state index is -1.04. The number of hydrogen-bond donors (Lipinski definition) is 2. The van der Waals surface area contributed by atoms with Gasteiger partial charge in [0.2, 0.25) is 5.91 Å². The number of carbonyl (C=O) groups is 1. The second-order valence-electron chi connectivity index (χ2n) is 4.91. The number of carbonyl (C=O) groups excluding carboxylic acids is 1. The second-order valence-corrected chi connectivity index (χ2v) is 4.91. The Hall–Kier alpha value is -1.57. The molecule has 0 spiro atoms. The molecule has 0 bridgehead atoms. The van der Waals surface area contributed by atoms with Gasteiger partial charge in [-0.25, -0.2) is 4.39 Å². The first-order valence-electron chi connectivity index (χ1n) is 6.60. The normalized spacial score (nSPS) is 16.4. The lowest BCUT2D eigenvalue weighted by molar-refractivity contribution is -0.124. The van der Waals surface area contributed by atoms with Crippen LogP contribution in [0.1, 0.15) is 12.8 Å². The van der Waals surface area contributed by atoms with Crippen LogP contribution in [0, 0.1) is 5.82 Å². The molecule has 22 heavy (non-hydrogen) atoms. The van der Waals surface area contributed by atoms with Gasteiger partial charge in [-0.3, -0.25) is 4.79 Å². The van der Waals surface area contributed by atoms with Crippen LogP contribution in [0.15, 0.2) is 12.1 Å². The van der Waals surface area contributed by atoms with Crippen LogP contribution in [0.25, 0.3) is 0 Å². The highest BCUT2D eigenvalue weighted by molar-refractivity contribution is 5.98. The van der Waals surface area contributed by atoms with Gasteiger partial charge in [0.1, 0.15) is 5.54 Å². The zero-order valence-electron chi connectivity index (χ0n) is 12.5. The summed E-state index contributed by atoms with van der Waals surface area (Å²) in [5.74, 6) is -0.470. The van der Waals surface area contributed by atoms with Gasteiger partial charge in [0.15, 0.2) is 17.3 Å². The van der Waals surface area contributed by atoms with Gasteiger partial charge in [-0.1, -0.05) is 0 Å². The Kier molecular flexibility index (Phi) is 6.40. The van der Waals surface area contributed by atoms with Gasteiger partial charge in [-0.2, -0.15) is 0 Å². The fraction of sp³-hybridized carbons (Fsp3) is 0.500. The lowest BCUT2D eigenvalue weighted by Gasteiger charge is -2.31. The molecule has 1 saturated heterocycles. The number of amides is 1. The van der Waals surface area contributed by atoms with Gasteiger partial charge < -0.3 is 25.3 Å². The first-order chi connectivity index (χ1) is 10.00. The maximum Gasteiger partial charge on any atom is 0.244 e. The summed E-state index contributed by atoms with van der Waals surface area (Å²) in [5.41, 5.74) is 5.02. The molecular weight excluding hydrogens is 315 g/mol. The number of nitrogens with one attached hydrogen (secondary N) is 1. The molecule has 0 atom stereocenters. The lowest BCUT2D eigenvalue weighted by Crippen LogP contribution is -2.54. The van der Waals surface area contributed by atoms with E-state index in [0.717, 1.165) is 6.07 Å². The number of hydrogen-bond acceptors (Lipinski definition) is 5. The topological polar surface area (TPSA) is 82.8 Å². The number of halogens is 2. The highest BCUT2D eigenvalue weighted by atomic mass is 35.5. The van der Waals surface area contributed by atoms with Gasteiger partial charge in [-0.15, -0.1) is 12.4 Å². The van der Waals surface area contributed by atoms with E-state index in [-0.39, 0.29) is 23.8 Å².